The van der Waals surface area contributed by atoms with Crippen LogP contribution in [0.5, 0.6) is 11.5 Å². The van der Waals surface area contributed by atoms with E-state index < -0.39 is 0 Å². The van der Waals surface area contributed by atoms with E-state index in [1.165, 1.54) is 11.3 Å². The summed E-state index contributed by atoms with van der Waals surface area (Å²) in [6.45, 7) is 3.98. The maximum Gasteiger partial charge on any atom is 0.279 e. The second-order valence-electron chi connectivity index (χ2n) is 6.37. The first-order valence-electron chi connectivity index (χ1n) is 9.43. The van der Waals surface area contributed by atoms with Gasteiger partial charge in [0.1, 0.15) is 13.2 Å². The molecule has 8 heteroatoms. The zero-order valence-corrected chi connectivity index (χ0v) is 18.8. The number of hydrogen-bond acceptors (Lipinski definition) is 6. The minimum atomic E-state index is -0.217. The lowest BCUT2D eigenvalue weighted by Gasteiger charge is -2.18. The first-order valence-corrected chi connectivity index (χ1v) is 12.6. The molecule has 2 aromatic carbocycles. The van der Waals surface area contributed by atoms with Crippen molar-refractivity contribution in [3.8, 4) is 11.5 Å². The van der Waals surface area contributed by atoms with Crippen molar-refractivity contribution in [2.24, 2.45) is 4.99 Å². The molecular formula is C21H22N2O3S3. The normalized spacial score (nSPS) is 13.8. The van der Waals surface area contributed by atoms with Gasteiger partial charge in [-0.25, -0.2) is 0 Å². The van der Waals surface area contributed by atoms with Crippen molar-refractivity contribution < 1.29 is 14.3 Å². The highest BCUT2D eigenvalue weighted by atomic mass is 32.2. The third-order valence-electron chi connectivity index (χ3n) is 4.45. The molecule has 2 heterocycles. The standard InChI is InChI=1S/C21H22N2O3S3/c1-3-28-15-6-4-5-14(11-15)20(24)22-21-23(7-10-27-2)16-12-17-18(13-19(16)29-21)26-9-8-25-17/h4-6,11-13H,3,7-10H2,1-2H3. The van der Waals surface area contributed by atoms with Gasteiger partial charge in [0.2, 0.25) is 0 Å². The minimum Gasteiger partial charge on any atom is -0.486 e. The summed E-state index contributed by atoms with van der Waals surface area (Å²) in [5.41, 5.74) is 1.64. The zero-order valence-electron chi connectivity index (χ0n) is 16.3. The van der Waals surface area contributed by atoms with E-state index in [0.29, 0.717) is 23.6 Å². The molecule has 0 radical (unpaired) electrons. The number of aromatic nitrogens is 1. The van der Waals surface area contributed by atoms with Gasteiger partial charge in [0.25, 0.3) is 5.91 Å². The van der Waals surface area contributed by atoms with Crippen LogP contribution >= 0.6 is 34.9 Å². The highest BCUT2D eigenvalue weighted by Crippen LogP contribution is 2.35. The number of ether oxygens (including phenoxy) is 2. The maximum absolute atomic E-state index is 12.9. The Bertz CT molecular complexity index is 1100. The summed E-state index contributed by atoms with van der Waals surface area (Å²) in [7, 11) is 0. The van der Waals surface area contributed by atoms with Gasteiger partial charge in [-0.05, 0) is 30.2 Å². The summed E-state index contributed by atoms with van der Waals surface area (Å²) >= 11 is 5.00. The summed E-state index contributed by atoms with van der Waals surface area (Å²) in [6, 6.07) is 11.7. The van der Waals surface area contributed by atoms with E-state index in [0.717, 1.165) is 44.7 Å². The Labute approximate surface area is 182 Å². The van der Waals surface area contributed by atoms with Gasteiger partial charge in [-0.3, -0.25) is 4.79 Å². The number of hydrogen-bond donors (Lipinski definition) is 0. The first kappa shape index (κ1) is 20.4. The van der Waals surface area contributed by atoms with Crippen LogP contribution in [0, 0.1) is 0 Å². The van der Waals surface area contributed by atoms with Gasteiger partial charge in [-0.2, -0.15) is 16.8 Å². The molecule has 5 nitrogen and oxygen atoms in total. The molecule has 0 bridgehead atoms. The quantitative estimate of drug-likeness (QED) is 0.514. The zero-order chi connectivity index (χ0) is 20.2. The van der Waals surface area contributed by atoms with Gasteiger partial charge in [-0.1, -0.05) is 24.3 Å². The van der Waals surface area contributed by atoms with E-state index in [1.807, 2.05) is 36.4 Å². The molecule has 0 spiro atoms. The molecule has 152 valence electrons. The largest absolute Gasteiger partial charge is 0.486 e. The number of nitrogens with zero attached hydrogens (tertiary/aromatic N) is 2. The number of benzene rings is 2. The van der Waals surface area contributed by atoms with E-state index in [2.05, 4.69) is 22.7 Å². The van der Waals surface area contributed by atoms with Gasteiger partial charge in [-0.15, -0.1) is 11.8 Å². The molecule has 1 amide bonds. The summed E-state index contributed by atoms with van der Waals surface area (Å²) in [5.74, 6) is 3.19. The van der Waals surface area contributed by atoms with Crippen molar-refractivity contribution in [2.45, 2.75) is 18.4 Å². The van der Waals surface area contributed by atoms with Crippen molar-refractivity contribution in [1.82, 2.24) is 4.57 Å². The van der Waals surface area contributed by atoms with Crippen LogP contribution in [0.3, 0.4) is 0 Å². The Balaban J connectivity index is 1.78. The number of rotatable bonds is 6. The predicted octanol–water partition coefficient (Wildman–Crippen LogP) is 4.69. The molecule has 29 heavy (non-hydrogen) atoms. The maximum atomic E-state index is 12.9. The number of amides is 1. The van der Waals surface area contributed by atoms with Crippen LogP contribution in [0.1, 0.15) is 17.3 Å². The number of carbonyl (C=O) groups excluding carboxylic acids is 1. The van der Waals surface area contributed by atoms with Crippen LogP contribution in [-0.2, 0) is 6.54 Å². The summed E-state index contributed by atoms with van der Waals surface area (Å²) in [6.07, 6.45) is 2.08. The SMILES string of the molecule is CCSc1cccc(C(=O)N=c2sc3cc4c(cc3n2CCSC)OCCO4)c1. The van der Waals surface area contributed by atoms with Gasteiger partial charge in [0.05, 0.1) is 10.2 Å². The Morgan fingerprint density at radius 2 is 2.00 bits per heavy atom. The number of thioether (sulfide) groups is 2. The summed E-state index contributed by atoms with van der Waals surface area (Å²) < 4.78 is 14.6. The van der Waals surface area contributed by atoms with Gasteiger partial charge in [0, 0.05) is 34.9 Å². The lowest BCUT2D eigenvalue weighted by Crippen LogP contribution is -2.18. The molecular weight excluding hydrogens is 424 g/mol. The number of aryl methyl sites for hydroxylation is 1. The smallest absolute Gasteiger partial charge is 0.279 e. The molecule has 0 fully saturated rings. The molecule has 1 aromatic heterocycles. The van der Waals surface area contributed by atoms with E-state index >= 15 is 0 Å². The number of carbonyl (C=O) groups is 1. The molecule has 0 N–H and O–H groups in total. The fourth-order valence-electron chi connectivity index (χ4n) is 3.13. The predicted molar refractivity (Wildman–Crippen MR) is 122 cm³/mol. The van der Waals surface area contributed by atoms with Crippen molar-refractivity contribution in [3.05, 3.63) is 46.8 Å². The van der Waals surface area contributed by atoms with E-state index in [9.17, 15) is 4.79 Å². The Hall–Kier alpha value is -1.90. The third kappa shape index (κ3) is 4.49. The van der Waals surface area contributed by atoms with Crippen molar-refractivity contribution in [2.75, 3.05) is 31.0 Å². The Kier molecular flexibility index (Phi) is 6.52. The highest BCUT2D eigenvalue weighted by Gasteiger charge is 2.17. The second kappa shape index (κ2) is 9.28. The van der Waals surface area contributed by atoms with Crippen molar-refractivity contribution in [1.29, 1.82) is 0 Å². The van der Waals surface area contributed by atoms with E-state index in [-0.39, 0.29) is 5.91 Å². The van der Waals surface area contributed by atoms with Gasteiger partial charge < -0.3 is 14.0 Å². The fraction of sp³-hybridized carbons (Fsp3) is 0.333. The second-order valence-corrected chi connectivity index (χ2v) is 9.70. The molecule has 1 aliphatic heterocycles. The van der Waals surface area contributed by atoms with Crippen LogP contribution in [0.15, 0.2) is 46.3 Å². The molecule has 0 atom stereocenters. The molecule has 0 unspecified atom stereocenters. The third-order valence-corrected chi connectivity index (χ3v) is 6.96. The van der Waals surface area contributed by atoms with Crippen LogP contribution < -0.4 is 14.3 Å². The highest BCUT2D eigenvalue weighted by molar-refractivity contribution is 7.99. The van der Waals surface area contributed by atoms with Crippen LogP contribution in [0.25, 0.3) is 10.2 Å². The van der Waals surface area contributed by atoms with Crippen molar-refractivity contribution >= 4 is 51.0 Å². The van der Waals surface area contributed by atoms with Crippen molar-refractivity contribution in [3.63, 3.8) is 0 Å². The van der Waals surface area contributed by atoms with E-state index in [4.69, 9.17) is 9.47 Å². The monoisotopic (exact) mass is 446 g/mol. The molecule has 1 aliphatic rings. The minimum absolute atomic E-state index is 0.217. The van der Waals surface area contributed by atoms with Crippen LogP contribution in [-0.4, -0.2) is 41.4 Å². The van der Waals surface area contributed by atoms with Crippen LogP contribution in [0.2, 0.25) is 0 Å². The number of thiazole rings is 1. The molecule has 4 rings (SSSR count). The average molecular weight is 447 g/mol. The number of fused-ring (bicyclic) bond motifs is 2. The molecule has 0 saturated heterocycles. The summed E-state index contributed by atoms with van der Waals surface area (Å²) in [4.78, 5) is 19.2. The molecule has 0 saturated carbocycles. The average Bonchev–Trinajstić information content (AvgIpc) is 3.06. The van der Waals surface area contributed by atoms with Gasteiger partial charge >= 0.3 is 0 Å². The summed E-state index contributed by atoms with van der Waals surface area (Å²) in [5, 5.41) is 0. The first-order chi connectivity index (χ1) is 14.2. The molecule has 0 aliphatic carbocycles. The fourth-order valence-corrected chi connectivity index (χ4v) is 5.28. The van der Waals surface area contributed by atoms with Gasteiger partial charge in [0.15, 0.2) is 16.3 Å². The van der Waals surface area contributed by atoms with Crippen LogP contribution in [0.4, 0.5) is 0 Å². The lowest BCUT2D eigenvalue weighted by atomic mass is 10.2. The Morgan fingerprint density at radius 3 is 2.76 bits per heavy atom. The Morgan fingerprint density at radius 1 is 1.21 bits per heavy atom. The molecule has 3 aromatic rings. The lowest BCUT2D eigenvalue weighted by molar-refractivity contribution is 0.0997. The topological polar surface area (TPSA) is 52.8 Å². The van der Waals surface area contributed by atoms with E-state index in [1.54, 1.807) is 23.5 Å².